The van der Waals surface area contributed by atoms with E-state index in [4.69, 9.17) is 4.74 Å². The molecule has 1 saturated heterocycles. The predicted molar refractivity (Wildman–Crippen MR) is 116 cm³/mol. The molecule has 0 spiro atoms. The van der Waals surface area contributed by atoms with Gasteiger partial charge in [-0.2, -0.15) is 0 Å². The van der Waals surface area contributed by atoms with Gasteiger partial charge in [-0.05, 0) is 73.9 Å². The molecular formula is C24H29N3O3. The van der Waals surface area contributed by atoms with Crippen LogP contribution in [0.4, 0.5) is 0 Å². The van der Waals surface area contributed by atoms with Crippen molar-refractivity contribution in [3.8, 4) is 17.0 Å². The molecule has 2 fully saturated rings. The van der Waals surface area contributed by atoms with Gasteiger partial charge in [0.05, 0.1) is 6.61 Å². The van der Waals surface area contributed by atoms with Crippen molar-refractivity contribution in [3.63, 3.8) is 0 Å². The highest BCUT2D eigenvalue weighted by molar-refractivity contribution is 5.95. The standard InChI is InChI=1S/C24H29N3O3/c1-24(11-2-12-24)17-27-13-9-18(10-14-27)16-30-22-8-7-21(15-25-22)19-3-5-20(6-4-19)23(28)26-29/h3-8,15,18H,2,9-14,16-17H2,1H3. The fraction of sp³-hybridized carbons (Fsp3) is 0.500. The van der Waals surface area contributed by atoms with Crippen LogP contribution >= 0.6 is 0 Å². The summed E-state index contributed by atoms with van der Waals surface area (Å²) in [6.07, 6.45) is 8.32. The molecular weight excluding hydrogens is 378 g/mol. The molecule has 0 bridgehead atoms. The smallest absolute Gasteiger partial charge is 0.316 e. The van der Waals surface area contributed by atoms with Gasteiger partial charge >= 0.3 is 5.91 Å². The van der Waals surface area contributed by atoms with Crippen LogP contribution in [0.3, 0.4) is 0 Å². The van der Waals surface area contributed by atoms with Crippen LogP contribution in [0, 0.1) is 16.2 Å². The number of ether oxygens (including phenoxy) is 1. The van der Waals surface area contributed by atoms with Crippen molar-refractivity contribution in [1.82, 2.24) is 9.88 Å². The lowest BCUT2D eigenvalue weighted by molar-refractivity contribution is 0.0561. The quantitative estimate of drug-likeness (QED) is 0.608. The Morgan fingerprint density at radius 1 is 1.13 bits per heavy atom. The van der Waals surface area contributed by atoms with Gasteiger partial charge < -0.3 is 9.64 Å². The molecule has 6 heteroatoms. The highest BCUT2D eigenvalue weighted by Crippen LogP contribution is 2.41. The molecule has 4 rings (SSSR count). The van der Waals surface area contributed by atoms with Crippen molar-refractivity contribution in [1.29, 1.82) is 0 Å². The Kier molecular flexibility index (Phi) is 6.23. The van der Waals surface area contributed by atoms with Crippen LogP contribution in [0.5, 0.6) is 5.88 Å². The van der Waals surface area contributed by atoms with Crippen LogP contribution in [0.25, 0.3) is 11.1 Å². The van der Waals surface area contributed by atoms with E-state index in [2.05, 4.69) is 22.0 Å². The number of hydrogen-bond donors (Lipinski definition) is 0. The molecule has 6 nitrogen and oxygen atoms in total. The van der Waals surface area contributed by atoms with E-state index in [1.54, 1.807) is 30.5 Å². The summed E-state index contributed by atoms with van der Waals surface area (Å²) in [7, 11) is 0. The largest absolute Gasteiger partial charge is 0.477 e. The minimum atomic E-state index is -0.758. The fourth-order valence-electron chi connectivity index (χ4n) is 4.49. The Morgan fingerprint density at radius 2 is 1.83 bits per heavy atom. The zero-order valence-corrected chi connectivity index (χ0v) is 17.5. The number of nitroso groups, excluding NO2 is 1. The van der Waals surface area contributed by atoms with Crippen LogP contribution in [0.15, 0.2) is 47.8 Å². The molecule has 0 radical (unpaired) electrons. The summed E-state index contributed by atoms with van der Waals surface area (Å²) in [5.41, 5.74) is 2.70. The molecule has 0 N–H and O–H groups in total. The second kappa shape index (κ2) is 9.04. The predicted octanol–water partition coefficient (Wildman–Crippen LogP) is 4.94. The maximum Gasteiger partial charge on any atom is 0.316 e. The lowest BCUT2D eigenvalue weighted by Gasteiger charge is -2.44. The summed E-state index contributed by atoms with van der Waals surface area (Å²) in [4.78, 5) is 28.7. The maximum absolute atomic E-state index is 11.3. The maximum atomic E-state index is 11.3. The number of carbonyl (C=O) groups is 1. The van der Waals surface area contributed by atoms with Gasteiger partial charge in [0, 0.05) is 35.1 Å². The summed E-state index contributed by atoms with van der Waals surface area (Å²) in [6, 6.07) is 10.6. The Labute approximate surface area is 177 Å². The average Bonchev–Trinajstić information content (AvgIpc) is 2.77. The molecule has 2 heterocycles. The Morgan fingerprint density at radius 3 is 2.40 bits per heavy atom. The average molecular weight is 408 g/mol. The number of carbonyl (C=O) groups excluding carboxylic acids is 1. The van der Waals surface area contributed by atoms with Crippen molar-refractivity contribution in [3.05, 3.63) is 53.1 Å². The molecule has 1 aromatic heterocycles. The number of pyridine rings is 1. The van der Waals surface area contributed by atoms with E-state index in [9.17, 15) is 9.70 Å². The van der Waals surface area contributed by atoms with E-state index in [-0.39, 0.29) is 5.56 Å². The van der Waals surface area contributed by atoms with E-state index in [1.165, 1.54) is 51.7 Å². The first-order chi connectivity index (χ1) is 14.5. The highest BCUT2D eigenvalue weighted by atomic mass is 16.5. The Hall–Kier alpha value is -2.60. The van der Waals surface area contributed by atoms with Crippen molar-refractivity contribution in [2.75, 3.05) is 26.2 Å². The molecule has 0 atom stereocenters. The minimum Gasteiger partial charge on any atom is -0.477 e. The first-order valence-corrected chi connectivity index (χ1v) is 10.8. The number of hydrogen-bond acceptors (Lipinski definition) is 5. The molecule has 0 unspecified atom stereocenters. The first kappa shape index (κ1) is 20.7. The summed E-state index contributed by atoms with van der Waals surface area (Å²) >= 11 is 0. The van der Waals surface area contributed by atoms with Crippen LogP contribution < -0.4 is 4.74 Å². The van der Waals surface area contributed by atoms with Crippen LogP contribution in [0.1, 0.15) is 49.4 Å². The number of aromatic nitrogens is 1. The molecule has 1 aromatic carbocycles. The zero-order valence-electron chi connectivity index (χ0n) is 17.5. The zero-order chi connectivity index (χ0) is 21.0. The van der Waals surface area contributed by atoms with Gasteiger partial charge in [-0.3, -0.25) is 4.79 Å². The third kappa shape index (κ3) is 4.93. The summed E-state index contributed by atoms with van der Waals surface area (Å²) in [6.45, 7) is 6.75. The normalized spacial score (nSPS) is 19.1. The summed E-state index contributed by atoms with van der Waals surface area (Å²) < 4.78 is 5.95. The van der Waals surface area contributed by atoms with Crippen molar-refractivity contribution < 1.29 is 9.53 Å². The molecule has 1 aliphatic carbocycles. The monoisotopic (exact) mass is 407 g/mol. The highest BCUT2D eigenvalue weighted by Gasteiger charge is 2.34. The van der Waals surface area contributed by atoms with Crippen LogP contribution in [-0.4, -0.2) is 42.0 Å². The van der Waals surface area contributed by atoms with Crippen LogP contribution in [-0.2, 0) is 0 Å². The number of nitrogens with zero attached hydrogens (tertiary/aromatic N) is 3. The van der Waals surface area contributed by atoms with E-state index in [0.29, 0.717) is 23.8 Å². The molecule has 2 aliphatic rings. The van der Waals surface area contributed by atoms with Gasteiger partial charge in [0.15, 0.2) is 0 Å². The molecule has 2 aromatic rings. The third-order valence-electron chi connectivity index (χ3n) is 6.62. The molecule has 1 amide bonds. The lowest BCUT2D eigenvalue weighted by atomic mass is 9.70. The van der Waals surface area contributed by atoms with Crippen LogP contribution in [0.2, 0.25) is 0 Å². The minimum absolute atomic E-state index is 0.287. The van der Waals surface area contributed by atoms with Gasteiger partial charge in [-0.1, -0.05) is 25.5 Å². The number of likely N-dealkylation sites (tertiary alicyclic amines) is 1. The van der Waals surface area contributed by atoms with Gasteiger partial charge in [0.2, 0.25) is 5.88 Å². The van der Waals surface area contributed by atoms with E-state index in [1.807, 2.05) is 12.1 Å². The first-order valence-electron chi connectivity index (χ1n) is 10.8. The van der Waals surface area contributed by atoms with Gasteiger partial charge in [0.25, 0.3) is 0 Å². The number of piperidine rings is 1. The third-order valence-corrected chi connectivity index (χ3v) is 6.62. The van der Waals surface area contributed by atoms with Gasteiger partial charge in [-0.15, -0.1) is 4.91 Å². The number of benzene rings is 1. The van der Waals surface area contributed by atoms with Gasteiger partial charge in [-0.25, -0.2) is 4.98 Å². The summed E-state index contributed by atoms with van der Waals surface area (Å²) in [5, 5.41) is 2.44. The second-order valence-corrected chi connectivity index (χ2v) is 9.05. The van der Waals surface area contributed by atoms with Crippen molar-refractivity contribution in [2.45, 2.75) is 39.0 Å². The van der Waals surface area contributed by atoms with Crippen molar-refractivity contribution in [2.24, 2.45) is 16.5 Å². The Bertz CT molecular complexity index is 868. The number of amides is 1. The fourth-order valence-corrected chi connectivity index (χ4v) is 4.49. The molecule has 30 heavy (non-hydrogen) atoms. The molecule has 1 saturated carbocycles. The lowest BCUT2D eigenvalue weighted by Crippen LogP contribution is -2.44. The summed E-state index contributed by atoms with van der Waals surface area (Å²) in [5.74, 6) is 0.472. The molecule has 158 valence electrons. The van der Waals surface area contributed by atoms with E-state index >= 15 is 0 Å². The molecule has 1 aliphatic heterocycles. The van der Waals surface area contributed by atoms with Crippen molar-refractivity contribution >= 4 is 5.91 Å². The second-order valence-electron chi connectivity index (χ2n) is 9.05. The van der Waals surface area contributed by atoms with E-state index < -0.39 is 5.91 Å². The SMILES string of the molecule is CC1(CN2CCC(COc3ccc(-c4ccc(C(=O)N=O)cc4)cn3)CC2)CCC1. The van der Waals surface area contributed by atoms with E-state index in [0.717, 1.165) is 11.1 Å². The Balaban J connectivity index is 1.24. The van der Waals surface area contributed by atoms with Gasteiger partial charge in [0.1, 0.15) is 0 Å². The number of rotatable bonds is 7. The topological polar surface area (TPSA) is 71.9 Å².